The van der Waals surface area contributed by atoms with Crippen molar-refractivity contribution in [1.29, 1.82) is 0 Å². The van der Waals surface area contributed by atoms with E-state index >= 15 is 0 Å². The molecule has 0 atom stereocenters. The lowest BCUT2D eigenvalue weighted by atomic mass is 10.1. The van der Waals surface area contributed by atoms with E-state index in [1.54, 1.807) is 12.1 Å². The maximum Gasteiger partial charge on any atom is 0.370 e. The van der Waals surface area contributed by atoms with E-state index in [4.69, 9.17) is 14.7 Å². The number of rotatable bonds is 4. The molecule has 0 aliphatic carbocycles. The van der Waals surface area contributed by atoms with Gasteiger partial charge in [0.25, 0.3) is 0 Å². The standard InChI is InChI=1S/C12H11O4P/c13-17(14)16-15-12-9-5-4-8-11(12)10-6-2-1-3-7-10/h1-9,13-14H. The van der Waals surface area contributed by atoms with Crippen LogP contribution >= 0.6 is 8.60 Å². The third kappa shape index (κ3) is 3.25. The van der Waals surface area contributed by atoms with E-state index in [-0.39, 0.29) is 0 Å². The molecule has 4 nitrogen and oxygen atoms in total. The first-order chi connectivity index (χ1) is 8.27. The third-order valence-electron chi connectivity index (χ3n) is 2.17. The lowest BCUT2D eigenvalue weighted by Gasteiger charge is -2.09. The van der Waals surface area contributed by atoms with Crippen LogP contribution < -0.4 is 4.89 Å². The highest BCUT2D eigenvalue weighted by Gasteiger charge is 2.08. The minimum atomic E-state index is -2.53. The fourth-order valence-corrected chi connectivity index (χ4v) is 1.62. The molecular weight excluding hydrogens is 239 g/mol. The molecule has 88 valence electrons. The van der Waals surface area contributed by atoms with E-state index in [0.717, 1.165) is 11.1 Å². The van der Waals surface area contributed by atoms with Crippen molar-refractivity contribution in [3.8, 4) is 16.9 Å². The van der Waals surface area contributed by atoms with E-state index in [1.165, 1.54) is 0 Å². The highest BCUT2D eigenvalue weighted by atomic mass is 31.2. The van der Waals surface area contributed by atoms with Crippen molar-refractivity contribution in [2.45, 2.75) is 0 Å². The SMILES string of the molecule is OP(O)OOc1ccccc1-c1ccccc1. The van der Waals surface area contributed by atoms with E-state index < -0.39 is 8.60 Å². The summed E-state index contributed by atoms with van der Waals surface area (Å²) in [4.78, 5) is 22.2. The summed E-state index contributed by atoms with van der Waals surface area (Å²) in [6.07, 6.45) is 0. The molecule has 5 heteroatoms. The molecule has 0 amide bonds. The Hall–Kier alpha value is -1.45. The molecule has 0 radical (unpaired) electrons. The van der Waals surface area contributed by atoms with Gasteiger partial charge in [-0.2, -0.15) is 0 Å². The van der Waals surface area contributed by atoms with Crippen LogP contribution in [0.1, 0.15) is 0 Å². The van der Waals surface area contributed by atoms with Crippen LogP contribution in [0.25, 0.3) is 11.1 Å². The number of benzene rings is 2. The molecule has 2 N–H and O–H groups in total. The van der Waals surface area contributed by atoms with Crippen LogP contribution in [0, 0.1) is 0 Å². The minimum absolute atomic E-state index is 0.439. The highest BCUT2D eigenvalue weighted by Crippen LogP contribution is 2.33. The molecule has 0 heterocycles. The van der Waals surface area contributed by atoms with Crippen molar-refractivity contribution >= 4 is 8.60 Å². The zero-order valence-electron chi connectivity index (χ0n) is 8.85. The molecule has 17 heavy (non-hydrogen) atoms. The van der Waals surface area contributed by atoms with Crippen molar-refractivity contribution < 1.29 is 19.3 Å². The van der Waals surface area contributed by atoms with Gasteiger partial charge >= 0.3 is 8.60 Å². The molecule has 0 aliphatic rings. The van der Waals surface area contributed by atoms with Crippen LogP contribution in [0.3, 0.4) is 0 Å². The first kappa shape index (κ1) is 12.0. The zero-order chi connectivity index (χ0) is 12.1. The van der Waals surface area contributed by atoms with Crippen molar-refractivity contribution in [3.63, 3.8) is 0 Å². The number of para-hydroxylation sites is 1. The average Bonchev–Trinajstić information content (AvgIpc) is 2.38. The maximum absolute atomic E-state index is 8.65. The maximum atomic E-state index is 8.65. The molecule has 0 saturated carbocycles. The summed E-state index contributed by atoms with van der Waals surface area (Å²) in [5.74, 6) is 0.439. The van der Waals surface area contributed by atoms with Gasteiger partial charge in [0.2, 0.25) is 0 Å². The van der Waals surface area contributed by atoms with Gasteiger partial charge < -0.3 is 14.7 Å². The van der Waals surface area contributed by atoms with Gasteiger partial charge in [0, 0.05) is 5.56 Å². The van der Waals surface area contributed by atoms with Gasteiger partial charge in [-0.05, 0) is 11.6 Å². The summed E-state index contributed by atoms with van der Waals surface area (Å²) < 4.78 is 4.37. The van der Waals surface area contributed by atoms with Gasteiger partial charge in [0.1, 0.15) is 0 Å². The van der Waals surface area contributed by atoms with Gasteiger partial charge in [-0.3, -0.25) is 0 Å². The fraction of sp³-hybridized carbons (Fsp3) is 0. The molecular formula is C12H11O4P. The Kier molecular flexibility index (Phi) is 4.07. The first-order valence-corrected chi connectivity index (χ1v) is 6.11. The summed E-state index contributed by atoms with van der Waals surface area (Å²) >= 11 is 0. The van der Waals surface area contributed by atoms with Crippen LogP contribution in [0.5, 0.6) is 5.75 Å². The molecule has 0 unspecified atom stereocenters. The molecule has 2 rings (SSSR count). The molecule has 2 aromatic rings. The average molecular weight is 250 g/mol. The second-order valence-corrected chi connectivity index (χ2v) is 3.93. The van der Waals surface area contributed by atoms with Gasteiger partial charge in [-0.15, -0.1) is 4.67 Å². The Morgan fingerprint density at radius 1 is 0.824 bits per heavy atom. The molecule has 0 bridgehead atoms. The molecule has 0 aliphatic heterocycles. The summed E-state index contributed by atoms with van der Waals surface area (Å²) in [6, 6.07) is 16.8. The predicted octanol–water partition coefficient (Wildman–Crippen LogP) is 2.88. The highest BCUT2D eigenvalue weighted by molar-refractivity contribution is 7.39. The van der Waals surface area contributed by atoms with Gasteiger partial charge in [0.15, 0.2) is 5.75 Å². The van der Waals surface area contributed by atoms with Crippen molar-refractivity contribution in [2.24, 2.45) is 0 Å². The van der Waals surface area contributed by atoms with Crippen molar-refractivity contribution in [3.05, 3.63) is 54.6 Å². The molecule has 2 aromatic carbocycles. The van der Waals surface area contributed by atoms with Crippen LogP contribution in [-0.4, -0.2) is 9.79 Å². The van der Waals surface area contributed by atoms with Gasteiger partial charge in [-0.25, -0.2) is 0 Å². The van der Waals surface area contributed by atoms with Crippen LogP contribution in [0.15, 0.2) is 54.6 Å². The lowest BCUT2D eigenvalue weighted by molar-refractivity contribution is -0.109. The molecule has 0 saturated heterocycles. The molecule has 0 aromatic heterocycles. The van der Waals surface area contributed by atoms with Crippen LogP contribution in [0.2, 0.25) is 0 Å². The summed E-state index contributed by atoms with van der Waals surface area (Å²) in [6.45, 7) is 0. The number of hydrogen-bond donors (Lipinski definition) is 2. The number of hydrogen-bond acceptors (Lipinski definition) is 4. The summed E-state index contributed by atoms with van der Waals surface area (Å²) in [5, 5.41) is 0. The Labute approximate surface area is 100.0 Å². The van der Waals surface area contributed by atoms with Crippen molar-refractivity contribution in [2.75, 3.05) is 0 Å². The Morgan fingerprint density at radius 2 is 1.47 bits per heavy atom. The van der Waals surface area contributed by atoms with E-state index in [1.807, 2.05) is 42.5 Å². The smallest absolute Gasteiger partial charge is 0.329 e. The van der Waals surface area contributed by atoms with E-state index in [9.17, 15) is 0 Å². The van der Waals surface area contributed by atoms with Crippen molar-refractivity contribution in [1.82, 2.24) is 0 Å². The first-order valence-electron chi connectivity index (χ1n) is 4.94. The monoisotopic (exact) mass is 250 g/mol. The largest absolute Gasteiger partial charge is 0.370 e. The fourth-order valence-electron chi connectivity index (χ4n) is 1.47. The van der Waals surface area contributed by atoms with Crippen LogP contribution in [-0.2, 0) is 4.67 Å². The van der Waals surface area contributed by atoms with E-state index in [0.29, 0.717) is 5.75 Å². The second-order valence-electron chi connectivity index (χ2n) is 3.27. The topological polar surface area (TPSA) is 58.9 Å². The lowest BCUT2D eigenvalue weighted by Crippen LogP contribution is -1.93. The summed E-state index contributed by atoms with van der Waals surface area (Å²) in [5.41, 5.74) is 1.79. The normalized spacial score (nSPS) is 10.5. The quantitative estimate of drug-likeness (QED) is 0.497. The Bertz CT molecular complexity index is 473. The summed E-state index contributed by atoms with van der Waals surface area (Å²) in [7, 11) is -2.53. The zero-order valence-corrected chi connectivity index (χ0v) is 9.75. The van der Waals surface area contributed by atoms with Gasteiger partial charge in [-0.1, -0.05) is 48.5 Å². The van der Waals surface area contributed by atoms with Crippen LogP contribution in [0.4, 0.5) is 0 Å². The third-order valence-corrected chi connectivity index (χ3v) is 2.37. The molecule has 0 fully saturated rings. The van der Waals surface area contributed by atoms with Gasteiger partial charge in [0.05, 0.1) is 0 Å². The predicted molar refractivity (Wildman–Crippen MR) is 64.9 cm³/mol. The van der Waals surface area contributed by atoms with E-state index in [2.05, 4.69) is 4.67 Å². The Morgan fingerprint density at radius 3 is 2.18 bits per heavy atom. The minimum Gasteiger partial charge on any atom is -0.329 e. The molecule has 0 spiro atoms. The second kappa shape index (κ2) is 5.75. The Balaban J connectivity index is 2.28.